The van der Waals surface area contributed by atoms with E-state index in [0.717, 1.165) is 5.76 Å². The molecule has 17 heavy (non-hydrogen) atoms. The van der Waals surface area contributed by atoms with Crippen LogP contribution in [0.2, 0.25) is 0 Å². The Morgan fingerprint density at radius 1 is 1.41 bits per heavy atom. The molecule has 0 unspecified atom stereocenters. The minimum absolute atomic E-state index is 0.0219. The largest absolute Gasteiger partial charge is 0.445 e. The van der Waals surface area contributed by atoms with E-state index in [9.17, 15) is 9.59 Å². The fourth-order valence-corrected chi connectivity index (χ4v) is 1.91. The van der Waals surface area contributed by atoms with Crippen molar-refractivity contribution in [3.8, 4) is 0 Å². The quantitative estimate of drug-likeness (QED) is 0.774. The Hall–Kier alpha value is -1.78. The topological polar surface area (TPSA) is 53.8 Å². The third-order valence-corrected chi connectivity index (χ3v) is 2.87. The van der Waals surface area contributed by atoms with E-state index in [1.807, 2.05) is 13.0 Å². The Morgan fingerprint density at radius 3 is 2.71 bits per heavy atom. The second-order valence-electron chi connectivity index (χ2n) is 4.10. The van der Waals surface area contributed by atoms with E-state index in [1.165, 1.54) is 0 Å². The molecule has 5 heteroatoms. The SMILES string of the molecule is CCC(=O)N1CCN(c2ccc(C)o2)C(=O)C1. The highest BCUT2D eigenvalue weighted by Crippen LogP contribution is 2.20. The van der Waals surface area contributed by atoms with E-state index in [0.29, 0.717) is 25.4 Å². The van der Waals surface area contributed by atoms with Crippen molar-refractivity contribution in [3.63, 3.8) is 0 Å². The number of piperazine rings is 1. The van der Waals surface area contributed by atoms with Crippen LogP contribution in [0.5, 0.6) is 0 Å². The second kappa shape index (κ2) is 4.61. The minimum atomic E-state index is -0.0904. The van der Waals surface area contributed by atoms with E-state index in [2.05, 4.69) is 0 Å². The standard InChI is InChI=1S/C12H16N2O3/c1-3-10(15)13-6-7-14(11(16)8-13)12-5-4-9(2)17-12/h4-5H,3,6-8H2,1-2H3. The van der Waals surface area contributed by atoms with Crippen molar-refractivity contribution in [2.75, 3.05) is 24.5 Å². The average Bonchev–Trinajstić information content (AvgIpc) is 2.74. The van der Waals surface area contributed by atoms with Gasteiger partial charge >= 0.3 is 0 Å². The number of rotatable bonds is 2. The van der Waals surface area contributed by atoms with Crippen LogP contribution in [0.3, 0.4) is 0 Å². The van der Waals surface area contributed by atoms with Gasteiger partial charge in [0.05, 0.1) is 0 Å². The van der Waals surface area contributed by atoms with Crippen molar-refractivity contribution >= 4 is 17.7 Å². The summed E-state index contributed by atoms with van der Waals surface area (Å²) in [6.45, 7) is 4.85. The maximum atomic E-state index is 11.9. The molecule has 1 saturated heterocycles. The molecule has 0 saturated carbocycles. The molecule has 1 fully saturated rings. The molecule has 2 amide bonds. The third-order valence-electron chi connectivity index (χ3n) is 2.87. The molecule has 2 rings (SSSR count). The predicted molar refractivity (Wildman–Crippen MR) is 62.7 cm³/mol. The normalized spacial score (nSPS) is 16.5. The number of nitrogens with zero attached hydrogens (tertiary/aromatic N) is 2. The average molecular weight is 236 g/mol. The van der Waals surface area contributed by atoms with E-state index in [-0.39, 0.29) is 18.4 Å². The van der Waals surface area contributed by atoms with E-state index in [4.69, 9.17) is 4.42 Å². The fourth-order valence-electron chi connectivity index (χ4n) is 1.91. The van der Waals surface area contributed by atoms with Crippen LogP contribution in [-0.4, -0.2) is 36.3 Å². The zero-order chi connectivity index (χ0) is 12.4. The predicted octanol–water partition coefficient (Wildman–Crippen LogP) is 1.17. The monoisotopic (exact) mass is 236 g/mol. The van der Waals surface area contributed by atoms with Gasteiger partial charge in [-0.05, 0) is 13.0 Å². The molecule has 0 bridgehead atoms. The highest BCUT2D eigenvalue weighted by molar-refractivity contribution is 5.96. The van der Waals surface area contributed by atoms with Gasteiger partial charge in [-0.2, -0.15) is 0 Å². The van der Waals surface area contributed by atoms with Gasteiger partial charge < -0.3 is 9.32 Å². The molecule has 5 nitrogen and oxygen atoms in total. The van der Waals surface area contributed by atoms with Crippen LogP contribution in [0.1, 0.15) is 19.1 Å². The summed E-state index contributed by atoms with van der Waals surface area (Å²) in [7, 11) is 0. The van der Waals surface area contributed by atoms with Crippen molar-refractivity contribution in [2.45, 2.75) is 20.3 Å². The molecule has 0 aliphatic carbocycles. The number of hydrogen-bond donors (Lipinski definition) is 0. The molecule has 2 heterocycles. The van der Waals surface area contributed by atoms with Gasteiger partial charge in [0.2, 0.25) is 17.7 Å². The number of anilines is 1. The lowest BCUT2D eigenvalue weighted by atomic mass is 10.3. The van der Waals surface area contributed by atoms with Gasteiger partial charge in [-0.25, -0.2) is 0 Å². The molecular formula is C12H16N2O3. The summed E-state index contributed by atoms with van der Waals surface area (Å²) < 4.78 is 5.42. The lowest BCUT2D eigenvalue weighted by molar-refractivity contribution is -0.136. The second-order valence-corrected chi connectivity index (χ2v) is 4.10. The molecule has 92 valence electrons. The first kappa shape index (κ1) is 11.7. The smallest absolute Gasteiger partial charge is 0.248 e. The van der Waals surface area contributed by atoms with Crippen LogP contribution in [0.4, 0.5) is 5.88 Å². The lowest BCUT2D eigenvalue weighted by Gasteiger charge is -2.32. The molecular weight excluding hydrogens is 220 g/mol. The number of hydrogen-bond acceptors (Lipinski definition) is 3. The first-order valence-corrected chi connectivity index (χ1v) is 5.76. The Kier molecular flexibility index (Phi) is 3.17. The Bertz CT molecular complexity index is 439. The van der Waals surface area contributed by atoms with Crippen LogP contribution >= 0.6 is 0 Å². The van der Waals surface area contributed by atoms with Crippen molar-refractivity contribution in [3.05, 3.63) is 17.9 Å². The van der Waals surface area contributed by atoms with Gasteiger partial charge in [0.25, 0.3) is 0 Å². The zero-order valence-electron chi connectivity index (χ0n) is 10.1. The molecule has 1 aromatic heterocycles. The minimum Gasteiger partial charge on any atom is -0.445 e. The summed E-state index contributed by atoms with van der Waals surface area (Å²) in [6.07, 6.45) is 0.438. The van der Waals surface area contributed by atoms with E-state index in [1.54, 1.807) is 22.8 Å². The van der Waals surface area contributed by atoms with Gasteiger partial charge in [-0.3, -0.25) is 14.5 Å². The van der Waals surface area contributed by atoms with Crippen LogP contribution in [0, 0.1) is 6.92 Å². The van der Waals surface area contributed by atoms with Crippen molar-refractivity contribution < 1.29 is 14.0 Å². The number of carbonyl (C=O) groups is 2. The molecule has 1 aliphatic rings. The fraction of sp³-hybridized carbons (Fsp3) is 0.500. The zero-order valence-corrected chi connectivity index (χ0v) is 10.1. The Labute approximate surface area is 100.0 Å². The first-order chi connectivity index (χ1) is 8.11. The van der Waals surface area contributed by atoms with Crippen LogP contribution in [-0.2, 0) is 9.59 Å². The maximum absolute atomic E-state index is 11.9. The Balaban J connectivity index is 2.06. The molecule has 0 N–H and O–H groups in total. The van der Waals surface area contributed by atoms with Crippen molar-refractivity contribution in [1.82, 2.24) is 4.90 Å². The van der Waals surface area contributed by atoms with E-state index < -0.39 is 0 Å². The Morgan fingerprint density at radius 2 is 2.18 bits per heavy atom. The molecule has 0 aromatic carbocycles. The number of furan rings is 1. The highest BCUT2D eigenvalue weighted by Gasteiger charge is 2.28. The van der Waals surface area contributed by atoms with Crippen molar-refractivity contribution in [1.29, 1.82) is 0 Å². The summed E-state index contributed by atoms with van der Waals surface area (Å²) in [5, 5.41) is 0. The molecule has 1 aliphatic heterocycles. The van der Waals surface area contributed by atoms with Crippen LogP contribution < -0.4 is 4.90 Å². The third kappa shape index (κ3) is 2.33. The maximum Gasteiger partial charge on any atom is 0.248 e. The lowest BCUT2D eigenvalue weighted by Crippen LogP contribution is -2.52. The molecule has 0 radical (unpaired) electrons. The molecule has 0 atom stereocenters. The number of amides is 2. The summed E-state index contributed by atoms with van der Waals surface area (Å²) >= 11 is 0. The summed E-state index contributed by atoms with van der Waals surface area (Å²) in [4.78, 5) is 26.6. The first-order valence-electron chi connectivity index (χ1n) is 5.76. The summed E-state index contributed by atoms with van der Waals surface area (Å²) in [5.41, 5.74) is 0. The van der Waals surface area contributed by atoms with Gasteiger partial charge in [0.1, 0.15) is 12.3 Å². The van der Waals surface area contributed by atoms with Crippen LogP contribution in [0.15, 0.2) is 16.5 Å². The van der Waals surface area contributed by atoms with Gasteiger partial charge in [0, 0.05) is 25.6 Å². The molecule has 0 spiro atoms. The number of carbonyl (C=O) groups excluding carboxylic acids is 2. The highest BCUT2D eigenvalue weighted by atomic mass is 16.4. The van der Waals surface area contributed by atoms with E-state index >= 15 is 0 Å². The summed E-state index contributed by atoms with van der Waals surface area (Å²) in [6, 6.07) is 3.61. The molecule has 1 aromatic rings. The summed E-state index contributed by atoms with van der Waals surface area (Å²) in [5.74, 6) is 1.27. The van der Waals surface area contributed by atoms with Gasteiger partial charge in [-0.15, -0.1) is 0 Å². The van der Waals surface area contributed by atoms with Gasteiger partial charge in [0.15, 0.2) is 0 Å². The number of aryl methyl sites for hydroxylation is 1. The van der Waals surface area contributed by atoms with Gasteiger partial charge in [-0.1, -0.05) is 6.92 Å². The van der Waals surface area contributed by atoms with Crippen LogP contribution in [0.25, 0.3) is 0 Å². The van der Waals surface area contributed by atoms with Crippen molar-refractivity contribution in [2.24, 2.45) is 0 Å².